The molecule has 0 aromatic heterocycles. The summed E-state index contributed by atoms with van der Waals surface area (Å²) >= 11 is 3.69. The molecule has 1 aromatic carbocycles. The smallest absolute Gasteiger partial charge is 0.145 e. The highest BCUT2D eigenvalue weighted by Crippen LogP contribution is 2.41. The Morgan fingerprint density at radius 1 is 1.21 bits per heavy atom. The summed E-state index contributed by atoms with van der Waals surface area (Å²) in [6.45, 7) is 10.1. The second-order valence-corrected chi connectivity index (χ2v) is 6.09. The molecule has 0 bridgehead atoms. The van der Waals surface area contributed by atoms with Gasteiger partial charge in [-0.2, -0.15) is 0 Å². The predicted molar refractivity (Wildman–Crippen MR) is 86.4 cm³/mol. The van der Waals surface area contributed by atoms with Gasteiger partial charge in [-0.3, -0.25) is 0 Å². The van der Waals surface area contributed by atoms with Crippen molar-refractivity contribution in [1.29, 1.82) is 0 Å². The maximum Gasteiger partial charge on any atom is 0.145 e. The zero-order valence-corrected chi connectivity index (χ0v) is 14.4. The number of benzene rings is 1. The van der Waals surface area contributed by atoms with Crippen molar-refractivity contribution in [3.8, 4) is 5.75 Å². The summed E-state index contributed by atoms with van der Waals surface area (Å²) in [5.74, 6) is 1.42. The summed E-state index contributed by atoms with van der Waals surface area (Å²) in [5.41, 5.74) is 10.5. The Bertz CT molecular complexity index is 460. The SMILES string of the molecule is COc1c(C)c(C)c(Br)c(C)c1N(C)CC(C)CN. The number of nitrogens with zero attached hydrogens (tertiary/aromatic N) is 1. The topological polar surface area (TPSA) is 38.5 Å². The number of rotatable bonds is 5. The zero-order valence-electron chi connectivity index (χ0n) is 12.8. The fourth-order valence-electron chi connectivity index (χ4n) is 2.41. The van der Waals surface area contributed by atoms with E-state index in [1.54, 1.807) is 7.11 Å². The first-order chi connectivity index (χ1) is 8.84. The highest BCUT2D eigenvalue weighted by atomic mass is 79.9. The van der Waals surface area contributed by atoms with Crippen molar-refractivity contribution < 1.29 is 4.74 Å². The Kier molecular flexibility index (Phi) is 5.68. The molecule has 0 spiro atoms. The number of halogens is 1. The lowest BCUT2D eigenvalue weighted by atomic mass is 10.0. The maximum atomic E-state index is 5.72. The van der Waals surface area contributed by atoms with Gasteiger partial charge in [-0.1, -0.05) is 22.9 Å². The summed E-state index contributed by atoms with van der Waals surface area (Å²) in [6.07, 6.45) is 0. The van der Waals surface area contributed by atoms with E-state index in [1.807, 2.05) is 0 Å². The van der Waals surface area contributed by atoms with E-state index in [0.717, 1.165) is 22.5 Å². The van der Waals surface area contributed by atoms with Crippen molar-refractivity contribution in [3.05, 3.63) is 21.2 Å². The molecule has 1 rings (SSSR count). The molecule has 3 nitrogen and oxygen atoms in total. The third-order valence-electron chi connectivity index (χ3n) is 3.71. The van der Waals surface area contributed by atoms with Crippen LogP contribution >= 0.6 is 15.9 Å². The zero-order chi connectivity index (χ0) is 14.7. The Balaban J connectivity index is 3.33. The molecule has 1 unspecified atom stereocenters. The van der Waals surface area contributed by atoms with E-state index in [4.69, 9.17) is 10.5 Å². The van der Waals surface area contributed by atoms with Crippen LogP contribution in [-0.2, 0) is 0 Å². The first-order valence-corrected chi connectivity index (χ1v) is 7.38. The van der Waals surface area contributed by atoms with Crippen LogP contribution in [0, 0.1) is 26.7 Å². The van der Waals surface area contributed by atoms with Crippen LogP contribution in [-0.4, -0.2) is 27.2 Å². The number of ether oxygens (including phenoxy) is 1. The summed E-state index contributed by atoms with van der Waals surface area (Å²) in [6, 6.07) is 0. The van der Waals surface area contributed by atoms with Crippen molar-refractivity contribution in [1.82, 2.24) is 0 Å². The fourth-order valence-corrected chi connectivity index (χ4v) is 2.90. The van der Waals surface area contributed by atoms with Crippen LogP contribution in [0.15, 0.2) is 4.47 Å². The van der Waals surface area contributed by atoms with Gasteiger partial charge in [-0.15, -0.1) is 0 Å². The van der Waals surface area contributed by atoms with Crippen molar-refractivity contribution in [2.75, 3.05) is 32.1 Å². The monoisotopic (exact) mass is 328 g/mol. The van der Waals surface area contributed by atoms with Gasteiger partial charge < -0.3 is 15.4 Å². The van der Waals surface area contributed by atoms with Crippen LogP contribution in [0.1, 0.15) is 23.6 Å². The Labute approximate surface area is 125 Å². The lowest BCUT2D eigenvalue weighted by Crippen LogP contribution is -2.29. The molecule has 0 aliphatic rings. The normalized spacial score (nSPS) is 12.4. The number of nitrogens with two attached hydrogens (primary N) is 1. The number of hydrogen-bond donors (Lipinski definition) is 1. The fraction of sp³-hybridized carbons (Fsp3) is 0.600. The molecule has 0 aliphatic heterocycles. The van der Waals surface area contributed by atoms with Crippen molar-refractivity contribution in [2.24, 2.45) is 11.7 Å². The minimum Gasteiger partial charge on any atom is -0.494 e. The minimum atomic E-state index is 0.453. The Morgan fingerprint density at radius 3 is 2.26 bits per heavy atom. The van der Waals surface area contributed by atoms with E-state index in [-0.39, 0.29) is 0 Å². The molecule has 0 radical (unpaired) electrons. The lowest BCUT2D eigenvalue weighted by molar-refractivity contribution is 0.410. The molecule has 19 heavy (non-hydrogen) atoms. The largest absolute Gasteiger partial charge is 0.494 e. The van der Waals surface area contributed by atoms with Gasteiger partial charge in [0.25, 0.3) is 0 Å². The standard InChI is InChI=1S/C15H25BrN2O/c1-9(7-17)8-18(5)14-12(4)13(16)10(2)11(3)15(14)19-6/h9H,7-8,17H2,1-6H3. The minimum absolute atomic E-state index is 0.453. The van der Waals surface area contributed by atoms with Gasteiger partial charge in [0, 0.05) is 18.1 Å². The van der Waals surface area contributed by atoms with Crippen molar-refractivity contribution in [2.45, 2.75) is 27.7 Å². The van der Waals surface area contributed by atoms with E-state index < -0.39 is 0 Å². The summed E-state index contributed by atoms with van der Waals surface area (Å²) < 4.78 is 6.80. The van der Waals surface area contributed by atoms with Crippen molar-refractivity contribution >= 4 is 21.6 Å². The summed E-state index contributed by atoms with van der Waals surface area (Å²) in [5, 5.41) is 0. The van der Waals surface area contributed by atoms with Gasteiger partial charge in [0.15, 0.2) is 0 Å². The second-order valence-electron chi connectivity index (χ2n) is 5.29. The van der Waals surface area contributed by atoms with Gasteiger partial charge in [0.2, 0.25) is 0 Å². The van der Waals surface area contributed by atoms with E-state index >= 15 is 0 Å². The van der Waals surface area contributed by atoms with E-state index in [9.17, 15) is 0 Å². The summed E-state index contributed by atoms with van der Waals surface area (Å²) in [7, 11) is 3.83. The van der Waals surface area contributed by atoms with Gasteiger partial charge in [0.05, 0.1) is 12.8 Å². The van der Waals surface area contributed by atoms with Gasteiger partial charge >= 0.3 is 0 Å². The quantitative estimate of drug-likeness (QED) is 0.900. The van der Waals surface area contributed by atoms with Crippen LogP contribution in [0.4, 0.5) is 5.69 Å². The van der Waals surface area contributed by atoms with Crippen molar-refractivity contribution in [3.63, 3.8) is 0 Å². The van der Waals surface area contributed by atoms with Crippen LogP contribution in [0.3, 0.4) is 0 Å². The summed E-state index contributed by atoms with van der Waals surface area (Å²) in [4.78, 5) is 2.24. The Hall–Kier alpha value is -0.740. The number of anilines is 1. The average Bonchev–Trinajstić information content (AvgIpc) is 2.39. The van der Waals surface area contributed by atoms with Crippen LogP contribution in [0.2, 0.25) is 0 Å². The molecule has 0 amide bonds. The molecule has 108 valence electrons. The molecule has 0 saturated carbocycles. The maximum absolute atomic E-state index is 5.72. The molecule has 2 N–H and O–H groups in total. The second kappa shape index (κ2) is 6.62. The molecule has 1 aromatic rings. The van der Waals surface area contributed by atoms with Gasteiger partial charge in [0.1, 0.15) is 5.75 Å². The first kappa shape index (κ1) is 16.3. The molecule has 0 aliphatic carbocycles. The molecular weight excluding hydrogens is 304 g/mol. The highest BCUT2D eigenvalue weighted by molar-refractivity contribution is 9.10. The molecule has 0 saturated heterocycles. The molecule has 1 atom stereocenters. The molecule has 4 heteroatoms. The third-order valence-corrected chi connectivity index (χ3v) is 4.90. The van der Waals surface area contributed by atoms with Gasteiger partial charge in [-0.25, -0.2) is 0 Å². The van der Waals surface area contributed by atoms with Crippen LogP contribution in [0.25, 0.3) is 0 Å². The highest BCUT2D eigenvalue weighted by Gasteiger charge is 2.20. The Morgan fingerprint density at radius 2 is 1.79 bits per heavy atom. The predicted octanol–water partition coefficient (Wildman–Crippen LogP) is 3.41. The lowest BCUT2D eigenvalue weighted by Gasteiger charge is -2.28. The number of hydrogen-bond acceptors (Lipinski definition) is 3. The molecule has 0 heterocycles. The van der Waals surface area contributed by atoms with E-state index in [1.165, 1.54) is 16.7 Å². The third kappa shape index (κ3) is 3.23. The van der Waals surface area contributed by atoms with Crippen LogP contribution < -0.4 is 15.4 Å². The first-order valence-electron chi connectivity index (χ1n) is 6.59. The molecule has 0 fully saturated rings. The van der Waals surface area contributed by atoms with E-state index in [0.29, 0.717) is 12.5 Å². The van der Waals surface area contributed by atoms with E-state index in [2.05, 4.69) is 55.6 Å². The van der Waals surface area contributed by atoms with Crippen LogP contribution in [0.5, 0.6) is 5.75 Å². The average molecular weight is 329 g/mol. The number of methoxy groups -OCH3 is 1. The van der Waals surface area contributed by atoms with Gasteiger partial charge in [-0.05, 0) is 49.9 Å². The molecular formula is C15H25BrN2O.